The second-order valence-electron chi connectivity index (χ2n) is 5.31. The van der Waals surface area contributed by atoms with Crippen LogP contribution in [0.25, 0.3) is 0 Å². The molecule has 2 saturated heterocycles. The van der Waals surface area contributed by atoms with Crippen molar-refractivity contribution in [2.45, 2.75) is 31.3 Å². The Hall–Kier alpha value is -0.260. The number of thioether (sulfide) groups is 1. The molecule has 0 aromatic carbocycles. The molecule has 0 radical (unpaired) electrons. The Balaban J connectivity index is 1.74. The van der Waals surface area contributed by atoms with Gasteiger partial charge in [0.05, 0.1) is 17.4 Å². The predicted octanol–water partition coefficient (Wildman–Crippen LogP) is 3.92. The van der Waals surface area contributed by atoms with E-state index in [1.165, 1.54) is 0 Å². The lowest BCUT2D eigenvalue weighted by molar-refractivity contribution is -0.0959. The van der Waals surface area contributed by atoms with Crippen molar-refractivity contribution in [2.75, 3.05) is 18.1 Å². The number of halogens is 1. The lowest BCUT2D eigenvalue weighted by Crippen LogP contribution is -2.44. The molecule has 19 heavy (non-hydrogen) atoms. The third-order valence-electron chi connectivity index (χ3n) is 4.15. The van der Waals surface area contributed by atoms with Gasteiger partial charge in [0.25, 0.3) is 0 Å². The maximum absolute atomic E-state index is 12.6. The van der Waals surface area contributed by atoms with Crippen LogP contribution in [0.4, 0.5) is 0 Å². The van der Waals surface area contributed by atoms with Gasteiger partial charge in [-0.3, -0.25) is 4.79 Å². The molecule has 5 heteroatoms. The Morgan fingerprint density at radius 1 is 1.42 bits per heavy atom. The highest BCUT2D eigenvalue weighted by Crippen LogP contribution is 2.41. The van der Waals surface area contributed by atoms with E-state index in [2.05, 4.69) is 15.9 Å². The fourth-order valence-corrected chi connectivity index (χ4v) is 4.71. The van der Waals surface area contributed by atoms with Crippen molar-refractivity contribution >= 4 is 33.5 Å². The minimum atomic E-state index is -0.0416. The summed E-state index contributed by atoms with van der Waals surface area (Å²) >= 11 is 5.28. The molecule has 0 amide bonds. The first-order valence-corrected chi connectivity index (χ1v) is 8.64. The summed E-state index contributed by atoms with van der Waals surface area (Å²) in [7, 11) is 0. The molecular formula is C14H17BrO3S. The van der Waals surface area contributed by atoms with Crippen molar-refractivity contribution in [2.24, 2.45) is 5.92 Å². The van der Waals surface area contributed by atoms with Crippen molar-refractivity contribution in [3.63, 3.8) is 0 Å². The van der Waals surface area contributed by atoms with Gasteiger partial charge < -0.3 is 9.15 Å². The molecule has 104 valence electrons. The third kappa shape index (κ3) is 2.78. The molecule has 1 aromatic heterocycles. The Bertz CT molecular complexity index is 460. The molecule has 0 bridgehead atoms. The SMILES string of the molecule is O=C(c1ccoc1Br)C1CCOC2(CCSCC2)C1. The zero-order valence-corrected chi connectivity index (χ0v) is 13.1. The smallest absolute Gasteiger partial charge is 0.179 e. The molecular weight excluding hydrogens is 328 g/mol. The number of hydrogen-bond donors (Lipinski definition) is 0. The Morgan fingerprint density at radius 2 is 2.21 bits per heavy atom. The second kappa shape index (κ2) is 5.62. The highest BCUT2D eigenvalue weighted by atomic mass is 79.9. The number of furan rings is 1. The van der Waals surface area contributed by atoms with E-state index in [9.17, 15) is 4.79 Å². The molecule has 2 aliphatic heterocycles. The Morgan fingerprint density at radius 3 is 2.89 bits per heavy atom. The van der Waals surface area contributed by atoms with E-state index >= 15 is 0 Å². The van der Waals surface area contributed by atoms with Crippen LogP contribution in [-0.4, -0.2) is 29.5 Å². The monoisotopic (exact) mass is 344 g/mol. The molecule has 3 heterocycles. The summed E-state index contributed by atoms with van der Waals surface area (Å²) in [6, 6.07) is 1.76. The van der Waals surface area contributed by atoms with Crippen LogP contribution in [0.15, 0.2) is 21.4 Å². The van der Waals surface area contributed by atoms with Crippen molar-refractivity contribution in [3.05, 3.63) is 22.6 Å². The molecule has 0 N–H and O–H groups in total. The number of ether oxygens (including phenoxy) is 1. The Labute approximate surface area is 125 Å². The molecule has 2 aliphatic rings. The number of carbonyl (C=O) groups is 1. The molecule has 1 spiro atoms. The van der Waals surface area contributed by atoms with Gasteiger partial charge in [0.1, 0.15) is 0 Å². The van der Waals surface area contributed by atoms with Crippen molar-refractivity contribution < 1.29 is 13.9 Å². The highest BCUT2D eigenvalue weighted by Gasteiger charge is 2.41. The lowest BCUT2D eigenvalue weighted by atomic mass is 9.79. The van der Waals surface area contributed by atoms with Gasteiger partial charge in [0, 0.05) is 12.5 Å². The molecule has 1 atom stereocenters. The first kappa shape index (κ1) is 13.7. The second-order valence-corrected chi connectivity index (χ2v) is 7.25. The van der Waals surface area contributed by atoms with Crippen LogP contribution in [0.3, 0.4) is 0 Å². The average Bonchev–Trinajstić information content (AvgIpc) is 2.85. The zero-order valence-electron chi connectivity index (χ0n) is 10.7. The van der Waals surface area contributed by atoms with Crippen molar-refractivity contribution in [1.29, 1.82) is 0 Å². The van der Waals surface area contributed by atoms with E-state index in [0.29, 0.717) is 16.8 Å². The molecule has 3 nitrogen and oxygen atoms in total. The van der Waals surface area contributed by atoms with Gasteiger partial charge in [-0.25, -0.2) is 0 Å². The topological polar surface area (TPSA) is 39.4 Å². The summed E-state index contributed by atoms with van der Waals surface area (Å²) in [5.74, 6) is 2.57. The van der Waals surface area contributed by atoms with Crippen molar-refractivity contribution in [1.82, 2.24) is 0 Å². The quantitative estimate of drug-likeness (QED) is 0.762. The fraction of sp³-hybridized carbons (Fsp3) is 0.643. The first-order valence-electron chi connectivity index (χ1n) is 6.69. The normalized spacial score (nSPS) is 26.5. The molecule has 2 fully saturated rings. The van der Waals surface area contributed by atoms with Crippen LogP contribution in [0.1, 0.15) is 36.0 Å². The zero-order chi connectivity index (χ0) is 13.3. The summed E-state index contributed by atoms with van der Waals surface area (Å²) in [6.07, 6.45) is 5.40. The molecule has 1 aromatic rings. The van der Waals surface area contributed by atoms with Gasteiger partial charge in [0.2, 0.25) is 0 Å². The van der Waals surface area contributed by atoms with E-state index in [1.54, 1.807) is 12.3 Å². The van der Waals surface area contributed by atoms with Gasteiger partial charge in [-0.15, -0.1) is 0 Å². The Kier molecular flexibility index (Phi) is 4.06. The van der Waals surface area contributed by atoms with Crippen LogP contribution < -0.4 is 0 Å². The maximum Gasteiger partial charge on any atom is 0.179 e. The summed E-state index contributed by atoms with van der Waals surface area (Å²) in [4.78, 5) is 12.6. The largest absolute Gasteiger partial charge is 0.457 e. The number of rotatable bonds is 2. The van der Waals surface area contributed by atoms with Gasteiger partial charge in [-0.2, -0.15) is 11.8 Å². The van der Waals surface area contributed by atoms with E-state index in [0.717, 1.165) is 37.2 Å². The number of carbonyl (C=O) groups excluding carboxylic acids is 1. The molecule has 0 aliphatic carbocycles. The molecule has 1 unspecified atom stereocenters. The maximum atomic E-state index is 12.6. The van der Waals surface area contributed by atoms with E-state index in [-0.39, 0.29) is 17.3 Å². The summed E-state index contributed by atoms with van der Waals surface area (Å²) in [5.41, 5.74) is 0.632. The summed E-state index contributed by atoms with van der Waals surface area (Å²) in [6.45, 7) is 0.705. The average molecular weight is 345 g/mol. The van der Waals surface area contributed by atoms with Crippen LogP contribution in [0.2, 0.25) is 0 Å². The van der Waals surface area contributed by atoms with Crippen molar-refractivity contribution in [3.8, 4) is 0 Å². The third-order valence-corrected chi connectivity index (χ3v) is 5.75. The molecule has 3 rings (SSSR count). The van der Waals surface area contributed by atoms with Crippen LogP contribution in [0.5, 0.6) is 0 Å². The van der Waals surface area contributed by atoms with Gasteiger partial charge in [-0.05, 0) is 59.2 Å². The standard InChI is InChI=1S/C14H17BrO3S/c15-13-11(2-5-17-13)12(16)10-1-6-18-14(9-10)3-7-19-8-4-14/h2,5,10H,1,3-4,6-9H2. The van der Waals surface area contributed by atoms with Gasteiger partial charge in [0.15, 0.2) is 10.5 Å². The minimum absolute atomic E-state index is 0.0416. The predicted molar refractivity (Wildman–Crippen MR) is 78.7 cm³/mol. The lowest BCUT2D eigenvalue weighted by Gasteiger charge is -2.42. The summed E-state index contributed by atoms with van der Waals surface area (Å²) < 4.78 is 11.8. The van der Waals surface area contributed by atoms with Gasteiger partial charge >= 0.3 is 0 Å². The van der Waals surface area contributed by atoms with E-state index < -0.39 is 0 Å². The van der Waals surface area contributed by atoms with Crippen LogP contribution in [-0.2, 0) is 4.74 Å². The fourth-order valence-electron chi connectivity index (χ4n) is 3.03. The minimum Gasteiger partial charge on any atom is -0.457 e. The van der Waals surface area contributed by atoms with E-state index in [4.69, 9.17) is 9.15 Å². The number of ketones is 1. The van der Waals surface area contributed by atoms with Crippen LogP contribution >= 0.6 is 27.7 Å². The highest BCUT2D eigenvalue weighted by molar-refractivity contribution is 9.10. The van der Waals surface area contributed by atoms with E-state index in [1.807, 2.05) is 11.8 Å². The first-order chi connectivity index (χ1) is 9.20. The van der Waals surface area contributed by atoms with Gasteiger partial charge in [-0.1, -0.05) is 0 Å². The van der Waals surface area contributed by atoms with Crippen LogP contribution in [0, 0.1) is 5.92 Å². The summed E-state index contributed by atoms with van der Waals surface area (Å²) in [5, 5.41) is 0. The molecule has 0 saturated carbocycles. The number of hydrogen-bond acceptors (Lipinski definition) is 4. The number of Topliss-reactive ketones (excluding diaryl/α,β-unsaturated/α-hetero) is 1.